The summed E-state index contributed by atoms with van der Waals surface area (Å²) in [5.41, 5.74) is 3.24. The Morgan fingerprint density at radius 1 is 1.15 bits per heavy atom. The highest BCUT2D eigenvalue weighted by molar-refractivity contribution is 7.12. The third-order valence-electron chi connectivity index (χ3n) is 5.13. The fraction of sp³-hybridized carbons (Fsp3) is 0.500. The van der Waals surface area contributed by atoms with Crippen molar-refractivity contribution in [2.75, 3.05) is 26.3 Å². The first-order valence-corrected chi connectivity index (χ1v) is 9.95. The summed E-state index contributed by atoms with van der Waals surface area (Å²) < 4.78 is 11.5. The third-order valence-corrected chi connectivity index (χ3v) is 6.10. The van der Waals surface area contributed by atoms with Gasteiger partial charge in [0.2, 0.25) is 5.91 Å². The summed E-state index contributed by atoms with van der Waals surface area (Å²) in [6, 6.07) is 8.33. The van der Waals surface area contributed by atoms with Crippen LogP contribution in [0.15, 0.2) is 24.3 Å². The molecule has 2 fully saturated rings. The van der Waals surface area contributed by atoms with Crippen LogP contribution in [0.4, 0.5) is 0 Å². The van der Waals surface area contributed by atoms with Crippen LogP contribution in [-0.4, -0.2) is 47.9 Å². The largest absolute Gasteiger partial charge is 0.347 e. The molecule has 0 radical (unpaired) electrons. The van der Waals surface area contributed by atoms with Gasteiger partial charge in [-0.3, -0.25) is 4.79 Å². The molecular weight excluding hydrogens is 348 g/mol. The number of aromatic nitrogens is 1. The maximum absolute atomic E-state index is 12.8. The summed E-state index contributed by atoms with van der Waals surface area (Å²) in [7, 11) is 0. The molecule has 4 rings (SSSR count). The number of carbonyl (C=O) groups is 1. The lowest BCUT2D eigenvalue weighted by molar-refractivity contribution is -0.187. The molecule has 2 aliphatic heterocycles. The second kappa shape index (κ2) is 7.10. The predicted octanol–water partition coefficient (Wildman–Crippen LogP) is 3.33. The lowest BCUT2D eigenvalue weighted by Crippen LogP contribution is -2.47. The standard InChI is InChI=1S/C20H24N2O3S/c1-14-3-5-16(6-4-14)19-17(26-15(2)21-19)13-18(23)22-9-7-20(8-10-22)24-11-12-25-20/h3-6H,7-13H2,1-2H3. The van der Waals surface area contributed by atoms with E-state index < -0.39 is 5.79 Å². The van der Waals surface area contributed by atoms with Gasteiger partial charge in [-0.15, -0.1) is 11.3 Å². The number of ether oxygens (including phenoxy) is 2. The van der Waals surface area contributed by atoms with Crippen LogP contribution >= 0.6 is 11.3 Å². The van der Waals surface area contributed by atoms with E-state index in [9.17, 15) is 4.79 Å². The van der Waals surface area contributed by atoms with E-state index >= 15 is 0 Å². The SMILES string of the molecule is Cc1ccc(-c2nc(C)sc2CC(=O)N2CCC3(CC2)OCCO3)cc1. The normalized spacial score (nSPS) is 19.2. The Morgan fingerprint density at radius 2 is 1.81 bits per heavy atom. The topological polar surface area (TPSA) is 51.7 Å². The zero-order valence-corrected chi connectivity index (χ0v) is 16.1. The number of rotatable bonds is 3. The smallest absolute Gasteiger partial charge is 0.227 e. The van der Waals surface area contributed by atoms with Crippen LogP contribution in [0.25, 0.3) is 11.3 Å². The van der Waals surface area contributed by atoms with Gasteiger partial charge in [-0.05, 0) is 13.8 Å². The number of carbonyl (C=O) groups excluding carboxylic acids is 1. The molecule has 1 spiro atoms. The first-order chi connectivity index (χ1) is 12.5. The molecule has 0 atom stereocenters. The molecule has 0 bridgehead atoms. The summed E-state index contributed by atoms with van der Waals surface area (Å²) in [6.07, 6.45) is 1.92. The van der Waals surface area contributed by atoms with Crippen molar-refractivity contribution >= 4 is 17.2 Å². The molecule has 6 heteroatoms. The van der Waals surface area contributed by atoms with E-state index in [1.807, 2.05) is 11.8 Å². The molecule has 2 saturated heterocycles. The minimum absolute atomic E-state index is 0.162. The lowest BCUT2D eigenvalue weighted by Gasteiger charge is -2.37. The third kappa shape index (κ3) is 3.54. The van der Waals surface area contributed by atoms with E-state index in [1.54, 1.807) is 11.3 Å². The molecule has 0 N–H and O–H groups in total. The molecule has 1 aromatic carbocycles. The van der Waals surface area contributed by atoms with Crippen LogP contribution in [0.5, 0.6) is 0 Å². The number of benzene rings is 1. The molecule has 0 unspecified atom stereocenters. The van der Waals surface area contributed by atoms with Crippen molar-refractivity contribution in [3.05, 3.63) is 39.7 Å². The number of amides is 1. The average Bonchev–Trinajstić information content (AvgIpc) is 3.23. The van der Waals surface area contributed by atoms with Gasteiger partial charge >= 0.3 is 0 Å². The quantitative estimate of drug-likeness (QED) is 0.829. The monoisotopic (exact) mass is 372 g/mol. The Labute approximate surface area is 157 Å². The van der Waals surface area contributed by atoms with E-state index in [2.05, 4.69) is 36.2 Å². The average molecular weight is 372 g/mol. The van der Waals surface area contributed by atoms with E-state index in [1.165, 1.54) is 5.56 Å². The lowest BCUT2D eigenvalue weighted by atomic mass is 10.0. The van der Waals surface area contributed by atoms with Gasteiger partial charge in [-0.2, -0.15) is 0 Å². The van der Waals surface area contributed by atoms with Gasteiger partial charge in [0.1, 0.15) is 0 Å². The van der Waals surface area contributed by atoms with E-state index in [4.69, 9.17) is 9.47 Å². The van der Waals surface area contributed by atoms with E-state index in [0.29, 0.717) is 32.7 Å². The highest BCUT2D eigenvalue weighted by atomic mass is 32.1. The van der Waals surface area contributed by atoms with E-state index in [-0.39, 0.29) is 5.91 Å². The van der Waals surface area contributed by atoms with Crippen LogP contribution in [-0.2, 0) is 20.7 Å². The summed E-state index contributed by atoms with van der Waals surface area (Å²) >= 11 is 1.62. The minimum atomic E-state index is -0.440. The Hall–Kier alpha value is -1.76. The summed E-state index contributed by atoms with van der Waals surface area (Å²) in [4.78, 5) is 20.5. The highest BCUT2D eigenvalue weighted by Gasteiger charge is 2.40. The molecular formula is C20H24N2O3S. The van der Waals surface area contributed by atoms with Crippen molar-refractivity contribution in [1.82, 2.24) is 9.88 Å². The molecule has 138 valence electrons. The first kappa shape index (κ1) is 17.6. The van der Waals surface area contributed by atoms with E-state index in [0.717, 1.165) is 34.0 Å². The second-order valence-electron chi connectivity index (χ2n) is 7.04. The molecule has 1 amide bonds. The van der Waals surface area contributed by atoms with Crippen molar-refractivity contribution in [3.8, 4) is 11.3 Å². The van der Waals surface area contributed by atoms with Crippen molar-refractivity contribution in [2.45, 2.75) is 38.9 Å². The van der Waals surface area contributed by atoms with Crippen LogP contribution in [0.2, 0.25) is 0 Å². The number of piperidine rings is 1. The van der Waals surface area contributed by atoms with Crippen molar-refractivity contribution < 1.29 is 14.3 Å². The van der Waals surface area contributed by atoms with Gasteiger partial charge in [0, 0.05) is 36.4 Å². The Balaban J connectivity index is 1.46. The van der Waals surface area contributed by atoms with Gasteiger partial charge in [0.05, 0.1) is 30.3 Å². The fourth-order valence-electron chi connectivity index (χ4n) is 3.66. The minimum Gasteiger partial charge on any atom is -0.347 e. The number of aryl methyl sites for hydroxylation is 2. The van der Waals surface area contributed by atoms with Crippen LogP contribution < -0.4 is 0 Å². The molecule has 0 saturated carbocycles. The van der Waals surface area contributed by atoms with Gasteiger partial charge in [-0.1, -0.05) is 29.8 Å². The summed E-state index contributed by atoms with van der Waals surface area (Å²) in [5, 5.41) is 0.994. The van der Waals surface area contributed by atoms with Gasteiger partial charge in [0.15, 0.2) is 5.79 Å². The van der Waals surface area contributed by atoms with Gasteiger partial charge in [-0.25, -0.2) is 4.98 Å². The van der Waals surface area contributed by atoms with Crippen LogP contribution in [0.3, 0.4) is 0 Å². The molecule has 2 aromatic rings. The zero-order valence-electron chi connectivity index (χ0n) is 15.3. The Bertz CT molecular complexity index is 784. The van der Waals surface area contributed by atoms with Crippen LogP contribution in [0.1, 0.15) is 28.3 Å². The highest BCUT2D eigenvalue weighted by Crippen LogP contribution is 2.33. The summed E-state index contributed by atoms with van der Waals surface area (Å²) in [5.74, 6) is -0.278. The molecule has 2 aliphatic rings. The fourth-order valence-corrected chi connectivity index (χ4v) is 4.61. The molecule has 26 heavy (non-hydrogen) atoms. The Kier molecular flexibility index (Phi) is 4.82. The maximum Gasteiger partial charge on any atom is 0.227 e. The number of nitrogens with zero attached hydrogens (tertiary/aromatic N) is 2. The number of thiazole rings is 1. The van der Waals surface area contributed by atoms with Crippen LogP contribution in [0, 0.1) is 13.8 Å². The molecule has 0 aliphatic carbocycles. The summed E-state index contributed by atoms with van der Waals surface area (Å²) in [6.45, 7) is 6.77. The molecule has 5 nitrogen and oxygen atoms in total. The van der Waals surface area contributed by atoms with Crippen molar-refractivity contribution in [3.63, 3.8) is 0 Å². The van der Waals surface area contributed by atoms with Gasteiger partial charge in [0.25, 0.3) is 0 Å². The zero-order chi connectivity index (χ0) is 18.1. The Morgan fingerprint density at radius 3 is 2.46 bits per heavy atom. The molecule has 1 aromatic heterocycles. The first-order valence-electron chi connectivity index (χ1n) is 9.14. The predicted molar refractivity (Wildman–Crippen MR) is 101 cm³/mol. The van der Waals surface area contributed by atoms with Crippen molar-refractivity contribution in [2.24, 2.45) is 0 Å². The number of hydrogen-bond acceptors (Lipinski definition) is 5. The van der Waals surface area contributed by atoms with Gasteiger partial charge < -0.3 is 14.4 Å². The number of hydrogen-bond donors (Lipinski definition) is 0. The molecule has 3 heterocycles. The maximum atomic E-state index is 12.8. The second-order valence-corrected chi connectivity index (χ2v) is 8.32. The number of likely N-dealkylation sites (tertiary alicyclic amines) is 1. The van der Waals surface area contributed by atoms with Crippen molar-refractivity contribution in [1.29, 1.82) is 0 Å².